The van der Waals surface area contributed by atoms with Gasteiger partial charge in [0.15, 0.2) is 0 Å². The van der Waals surface area contributed by atoms with Crippen LogP contribution >= 0.6 is 0 Å². The van der Waals surface area contributed by atoms with E-state index in [0.29, 0.717) is 24.3 Å². The molecule has 0 spiro atoms. The Balaban J connectivity index is 1.45. The number of hydrogen-bond acceptors (Lipinski definition) is 6. The number of amides is 1. The summed E-state index contributed by atoms with van der Waals surface area (Å²) in [5, 5.41) is 16.8. The van der Waals surface area contributed by atoms with Gasteiger partial charge in [-0.2, -0.15) is 0 Å². The lowest BCUT2D eigenvalue weighted by atomic mass is 10.1. The summed E-state index contributed by atoms with van der Waals surface area (Å²) in [4.78, 5) is 25.3. The van der Waals surface area contributed by atoms with Gasteiger partial charge in [-0.15, -0.1) is 0 Å². The third kappa shape index (κ3) is 6.01. The molecule has 1 fully saturated rings. The molecule has 0 aromatic heterocycles. The van der Waals surface area contributed by atoms with E-state index in [-0.39, 0.29) is 23.8 Å². The van der Waals surface area contributed by atoms with Crippen LogP contribution in [0.3, 0.4) is 0 Å². The van der Waals surface area contributed by atoms with Crippen molar-refractivity contribution in [2.24, 2.45) is 0 Å². The number of nitro benzene ring substituents is 1. The van der Waals surface area contributed by atoms with E-state index in [1.807, 2.05) is 24.3 Å². The van der Waals surface area contributed by atoms with E-state index in [2.05, 4.69) is 29.4 Å². The maximum Gasteiger partial charge on any atom is 0.292 e. The molecule has 2 N–H and O–H groups in total. The highest BCUT2D eigenvalue weighted by Gasteiger charge is 2.22. The maximum absolute atomic E-state index is 12.3. The first kappa shape index (κ1) is 21.7. The second-order valence-corrected chi connectivity index (χ2v) is 7.61. The zero-order valence-electron chi connectivity index (χ0n) is 17.3. The second-order valence-electron chi connectivity index (χ2n) is 7.61. The van der Waals surface area contributed by atoms with Crippen LogP contribution in [-0.2, 0) is 11.3 Å². The summed E-state index contributed by atoms with van der Waals surface area (Å²) in [6.45, 7) is 7.55. The molecule has 8 nitrogen and oxygen atoms in total. The van der Waals surface area contributed by atoms with Crippen LogP contribution in [0, 0.1) is 10.1 Å². The van der Waals surface area contributed by atoms with Gasteiger partial charge in [-0.25, -0.2) is 0 Å². The lowest BCUT2D eigenvalue weighted by Gasteiger charge is -2.35. The molecule has 2 aromatic rings. The normalized spacial score (nSPS) is 19.3. The fourth-order valence-electron chi connectivity index (χ4n) is 3.69. The number of carbonyl (C=O) groups excluding carboxylic acids is 1. The van der Waals surface area contributed by atoms with Crippen LogP contribution in [0.1, 0.15) is 29.8 Å². The Morgan fingerprint density at radius 3 is 2.43 bits per heavy atom. The van der Waals surface area contributed by atoms with E-state index in [0.717, 1.165) is 25.2 Å². The smallest absolute Gasteiger partial charge is 0.292 e. The second kappa shape index (κ2) is 10.2. The highest BCUT2D eigenvalue weighted by molar-refractivity contribution is 5.94. The summed E-state index contributed by atoms with van der Waals surface area (Å²) >= 11 is 0. The number of rotatable bonds is 8. The molecule has 30 heavy (non-hydrogen) atoms. The molecular formula is C22H28N4O4. The van der Waals surface area contributed by atoms with E-state index in [1.165, 1.54) is 6.07 Å². The van der Waals surface area contributed by atoms with Gasteiger partial charge in [0, 0.05) is 44.4 Å². The molecule has 2 atom stereocenters. The molecule has 1 aliphatic rings. The van der Waals surface area contributed by atoms with Gasteiger partial charge in [0.05, 0.1) is 17.1 Å². The number of ether oxygens (including phenoxy) is 1. The monoisotopic (exact) mass is 412 g/mol. The van der Waals surface area contributed by atoms with Crippen molar-refractivity contribution in [2.75, 3.05) is 31.5 Å². The molecule has 1 heterocycles. The van der Waals surface area contributed by atoms with Crippen molar-refractivity contribution in [3.8, 4) is 0 Å². The van der Waals surface area contributed by atoms with Gasteiger partial charge in [0.2, 0.25) is 0 Å². The number of anilines is 1. The minimum Gasteiger partial charge on any atom is -0.378 e. The third-order valence-corrected chi connectivity index (χ3v) is 4.94. The van der Waals surface area contributed by atoms with Crippen LogP contribution in [0.25, 0.3) is 0 Å². The summed E-state index contributed by atoms with van der Waals surface area (Å²) in [6.07, 6.45) is 0.453. The number of nitrogens with zero attached hydrogens (tertiary/aromatic N) is 2. The number of benzene rings is 2. The van der Waals surface area contributed by atoms with Crippen LogP contribution in [0.2, 0.25) is 0 Å². The van der Waals surface area contributed by atoms with Gasteiger partial charge in [-0.1, -0.05) is 24.3 Å². The number of hydrogen-bond donors (Lipinski definition) is 2. The van der Waals surface area contributed by atoms with Gasteiger partial charge in [-0.05, 0) is 37.6 Å². The predicted octanol–water partition coefficient (Wildman–Crippen LogP) is 3.05. The van der Waals surface area contributed by atoms with Crippen molar-refractivity contribution in [1.82, 2.24) is 10.2 Å². The molecular weight excluding hydrogens is 384 g/mol. The van der Waals surface area contributed by atoms with Crippen LogP contribution < -0.4 is 10.6 Å². The number of para-hydroxylation sites is 2. The number of nitrogens with one attached hydrogen (secondary N) is 2. The number of nitro groups is 1. The zero-order chi connectivity index (χ0) is 21.5. The fourth-order valence-corrected chi connectivity index (χ4v) is 3.69. The average molecular weight is 412 g/mol. The Hall–Kier alpha value is -2.97. The van der Waals surface area contributed by atoms with Gasteiger partial charge in [0.25, 0.3) is 11.6 Å². The third-order valence-electron chi connectivity index (χ3n) is 4.94. The van der Waals surface area contributed by atoms with Gasteiger partial charge < -0.3 is 15.4 Å². The molecule has 1 aliphatic heterocycles. The summed E-state index contributed by atoms with van der Waals surface area (Å²) in [5.41, 5.74) is 2.20. The Kier molecular flexibility index (Phi) is 7.37. The van der Waals surface area contributed by atoms with E-state index in [1.54, 1.807) is 18.2 Å². The number of carbonyl (C=O) groups is 1. The summed E-state index contributed by atoms with van der Waals surface area (Å²) in [6, 6.07) is 14.1. The van der Waals surface area contributed by atoms with Gasteiger partial charge in [-0.3, -0.25) is 19.8 Å². The zero-order valence-corrected chi connectivity index (χ0v) is 17.3. The van der Waals surface area contributed by atoms with Crippen molar-refractivity contribution in [3.05, 3.63) is 69.8 Å². The minimum absolute atomic E-state index is 0.0171. The van der Waals surface area contributed by atoms with Crippen molar-refractivity contribution in [1.29, 1.82) is 0 Å². The standard InChI is InChI=1S/C22H28N4O4/c1-16-13-25(14-17(2)30-16)15-18-7-9-19(10-8-18)22(27)24-12-11-23-20-5-3-4-6-21(20)26(28)29/h3-10,16-17,23H,11-15H2,1-2H3,(H,24,27)/t16-,17+. The van der Waals surface area contributed by atoms with E-state index in [4.69, 9.17) is 4.74 Å². The molecule has 0 radical (unpaired) electrons. The van der Waals surface area contributed by atoms with Crippen molar-refractivity contribution in [2.45, 2.75) is 32.6 Å². The van der Waals surface area contributed by atoms with E-state index in [9.17, 15) is 14.9 Å². The fraction of sp³-hybridized carbons (Fsp3) is 0.409. The molecule has 2 aromatic carbocycles. The molecule has 0 unspecified atom stereocenters. The predicted molar refractivity (Wildman–Crippen MR) is 116 cm³/mol. The Morgan fingerprint density at radius 2 is 1.77 bits per heavy atom. The topological polar surface area (TPSA) is 96.7 Å². The SMILES string of the molecule is C[C@@H]1CN(Cc2ccc(C(=O)NCCNc3ccccc3[N+](=O)[O-])cc2)C[C@H](C)O1. The van der Waals surface area contributed by atoms with Crippen LogP contribution in [-0.4, -0.2) is 54.1 Å². The lowest BCUT2D eigenvalue weighted by Crippen LogP contribution is -2.44. The lowest BCUT2D eigenvalue weighted by molar-refractivity contribution is -0.384. The van der Waals surface area contributed by atoms with Crippen molar-refractivity contribution >= 4 is 17.3 Å². The quantitative estimate of drug-likeness (QED) is 0.393. The first-order valence-corrected chi connectivity index (χ1v) is 10.1. The Morgan fingerprint density at radius 1 is 1.10 bits per heavy atom. The molecule has 1 saturated heterocycles. The molecule has 160 valence electrons. The highest BCUT2D eigenvalue weighted by Crippen LogP contribution is 2.22. The molecule has 0 bridgehead atoms. The largest absolute Gasteiger partial charge is 0.378 e. The Bertz CT molecular complexity index is 862. The van der Waals surface area contributed by atoms with Gasteiger partial charge >= 0.3 is 0 Å². The maximum atomic E-state index is 12.3. The summed E-state index contributed by atoms with van der Waals surface area (Å²) in [7, 11) is 0. The average Bonchev–Trinajstić information content (AvgIpc) is 2.71. The van der Waals surface area contributed by atoms with Crippen LogP contribution in [0.15, 0.2) is 48.5 Å². The molecule has 1 amide bonds. The minimum atomic E-state index is -0.430. The molecule has 0 aliphatic carbocycles. The first-order chi connectivity index (χ1) is 14.4. The molecule has 8 heteroatoms. The molecule has 3 rings (SSSR count). The van der Waals surface area contributed by atoms with E-state index >= 15 is 0 Å². The van der Waals surface area contributed by atoms with Crippen molar-refractivity contribution < 1.29 is 14.5 Å². The van der Waals surface area contributed by atoms with Gasteiger partial charge in [0.1, 0.15) is 5.69 Å². The number of morpholine rings is 1. The summed E-state index contributed by atoms with van der Waals surface area (Å²) < 4.78 is 5.76. The summed E-state index contributed by atoms with van der Waals surface area (Å²) in [5.74, 6) is -0.167. The van der Waals surface area contributed by atoms with E-state index < -0.39 is 4.92 Å². The Labute approximate surface area is 176 Å². The highest BCUT2D eigenvalue weighted by atomic mass is 16.6. The van der Waals surface area contributed by atoms with Crippen LogP contribution in [0.4, 0.5) is 11.4 Å². The van der Waals surface area contributed by atoms with Crippen LogP contribution in [0.5, 0.6) is 0 Å². The van der Waals surface area contributed by atoms with Crippen molar-refractivity contribution in [3.63, 3.8) is 0 Å². The molecule has 0 saturated carbocycles. The first-order valence-electron chi connectivity index (χ1n) is 10.1.